The fourth-order valence-electron chi connectivity index (χ4n) is 2.55. The van der Waals surface area contributed by atoms with Crippen LogP contribution in [-0.2, 0) is 18.6 Å². The normalized spacial score (nSPS) is 14.1. The molecule has 1 heterocycles. The van der Waals surface area contributed by atoms with Crippen LogP contribution >= 0.6 is 23.4 Å². The molecule has 0 saturated heterocycles. The van der Waals surface area contributed by atoms with Crippen molar-refractivity contribution in [1.29, 1.82) is 0 Å². The molecule has 1 aromatic carbocycles. The van der Waals surface area contributed by atoms with E-state index in [0.717, 1.165) is 34.5 Å². The van der Waals surface area contributed by atoms with Crippen LogP contribution in [0.25, 0.3) is 0 Å². The second-order valence-electron chi connectivity index (χ2n) is 5.14. The third kappa shape index (κ3) is 3.15. The Morgan fingerprint density at radius 1 is 1.10 bits per heavy atom. The van der Waals surface area contributed by atoms with Crippen molar-refractivity contribution in [3.63, 3.8) is 0 Å². The molecule has 4 heteroatoms. The van der Waals surface area contributed by atoms with Crippen LogP contribution in [0.5, 0.6) is 0 Å². The number of hydrogen-bond donors (Lipinski definition) is 0. The standard InChI is InChI=1S/C16H17ClN2S/c1-11-14-4-2-3-5-15(14)19-16(18-11)20-10-12-6-8-13(17)9-7-12/h6-9H,2-5,10H2,1H3. The van der Waals surface area contributed by atoms with E-state index in [9.17, 15) is 0 Å². The first-order valence-electron chi connectivity index (χ1n) is 6.96. The van der Waals surface area contributed by atoms with Crippen molar-refractivity contribution in [3.05, 3.63) is 51.8 Å². The molecule has 20 heavy (non-hydrogen) atoms. The van der Waals surface area contributed by atoms with Gasteiger partial charge in [0.1, 0.15) is 0 Å². The van der Waals surface area contributed by atoms with E-state index in [-0.39, 0.29) is 0 Å². The van der Waals surface area contributed by atoms with Crippen molar-refractivity contribution in [2.24, 2.45) is 0 Å². The Labute approximate surface area is 129 Å². The van der Waals surface area contributed by atoms with Gasteiger partial charge in [-0.05, 0) is 55.9 Å². The van der Waals surface area contributed by atoms with E-state index in [0.29, 0.717) is 0 Å². The molecular formula is C16H17ClN2S. The lowest BCUT2D eigenvalue weighted by Crippen LogP contribution is -2.10. The monoisotopic (exact) mass is 304 g/mol. The summed E-state index contributed by atoms with van der Waals surface area (Å²) in [6.07, 6.45) is 4.77. The molecule has 0 bridgehead atoms. The van der Waals surface area contributed by atoms with E-state index < -0.39 is 0 Å². The molecule has 1 aliphatic carbocycles. The first-order valence-corrected chi connectivity index (χ1v) is 8.32. The Balaban J connectivity index is 1.74. The predicted molar refractivity (Wildman–Crippen MR) is 84.4 cm³/mol. The van der Waals surface area contributed by atoms with E-state index in [4.69, 9.17) is 16.6 Å². The minimum Gasteiger partial charge on any atom is -0.228 e. The molecule has 2 aromatic rings. The molecular weight excluding hydrogens is 288 g/mol. The Morgan fingerprint density at radius 3 is 2.65 bits per heavy atom. The maximum absolute atomic E-state index is 5.90. The number of halogens is 1. The van der Waals surface area contributed by atoms with Crippen LogP contribution in [-0.4, -0.2) is 9.97 Å². The number of aryl methyl sites for hydroxylation is 2. The first kappa shape index (κ1) is 13.9. The van der Waals surface area contributed by atoms with Gasteiger partial charge in [0.25, 0.3) is 0 Å². The largest absolute Gasteiger partial charge is 0.228 e. The Kier molecular flexibility index (Phi) is 4.27. The van der Waals surface area contributed by atoms with E-state index in [2.05, 4.69) is 24.0 Å². The molecule has 3 rings (SSSR count). The summed E-state index contributed by atoms with van der Waals surface area (Å²) in [6, 6.07) is 7.97. The quantitative estimate of drug-likeness (QED) is 0.612. The molecule has 0 N–H and O–H groups in total. The Bertz CT molecular complexity index is 611. The average molecular weight is 305 g/mol. The predicted octanol–water partition coefficient (Wildman–Crippen LogP) is 4.61. The zero-order valence-electron chi connectivity index (χ0n) is 11.5. The third-order valence-electron chi connectivity index (χ3n) is 3.65. The van der Waals surface area contributed by atoms with E-state index in [1.807, 2.05) is 12.1 Å². The SMILES string of the molecule is Cc1nc(SCc2ccc(Cl)cc2)nc2c1CCCC2. The lowest BCUT2D eigenvalue weighted by atomic mass is 9.95. The highest BCUT2D eigenvalue weighted by Crippen LogP contribution is 2.26. The molecule has 0 atom stereocenters. The number of benzene rings is 1. The second kappa shape index (κ2) is 6.15. The molecule has 0 amide bonds. The zero-order chi connectivity index (χ0) is 13.9. The van der Waals surface area contributed by atoms with Crippen LogP contribution in [0, 0.1) is 6.92 Å². The molecule has 1 aromatic heterocycles. The van der Waals surface area contributed by atoms with Gasteiger partial charge >= 0.3 is 0 Å². The van der Waals surface area contributed by atoms with Gasteiger partial charge in [-0.3, -0.25) is 0 Å². The van der Waals surface area contributed by atoms with Gasteiger partial charge in [0.15, 0.2) is 5.16 Å². The number of thioether (sulfide) groups is 1. The van der Waals surface area contributed by atoms with Gasteiger partial charge in [0.05, 0.1) is 0 Å². The molecule has 0 fully saturated rings. The minimum atomic E-state index is 0.777. The minimum absolute atomic E-state index is 0.777. The summed E-state index contributed by atoms with van der Waals surface area (Å²) in [5.74, 6) is 0.884. The number of rotatable bonds is 3. The molecule has 0 saturated carbocycles. The summed E-state index contributed by atoms with van der Waals surface area (Å²) >= 11 is 7.60. The first-order chi connectivity index (χ1) is 9.72. The molecule has 1 aliphatic rings. The highest BCUT2D eigenvalue weighted by atomic mass is 35.5. The number of aromatic nitrogens is 2. The summed E-state index contributed by atoms with van der Waals surface area (Å²) in [7, 11) is 0. The van der Waals surface area contributed by atoms with Crippen LogP contribution in [0.2, 0.25) is 5.02 Å². The van der Waals surface area contributed by atoms with Gasteiger partial charge in [-0.15, -0.1) is 0 Å². The van der Waals surface area contributed by atoms with Gasteiger partial charge in [0.2, 0.25) is 0 Å². The fourth-order valence-corrected chi connectivity index (χ4v) is 3.54. The molecule has 0 unspecified atom stereocenters. The highest BCUT2D eigenvalue weighted by Gasteiger charge is 2.15. The lowest BCUT2D eigenvalue weighted by molar-refractivity contribution is 0.642. The lowest BCUT2D eigenvalue weighted by Gasteiger charge is -2.17. The molecule has 2 nitrogen and oxygen atoms in total. The van der Waals surface area contributed by atoms with Crippen molar-refractivity contribution >= 4 is 23.4 Å². The van der Waals surface area contributed by atoms with E-state index in [1.165, 1.54) is 29.7 Å². The second-order valence-corrected chi connectivity index (χ2v) is 6.52. The summed E-state index contributed by atoms with van der Waals surface area (Å²) in [4.78, 5) is 9.38. The van der Waals surface area contributed by atoms with Gasteiger partial charge in [-0.25, -0.2) is 9.97 Å². The van der Waals surface area contributed by atoms with Crippen molar-refractivity contribution in [2.45, 2.75) is 43.5 Å². The topological polar surface area (TPSA) is 25.8 Å². The summed E-state index contributed by atoms with van der Waals surface area (Å²) in [5.41, 5.74) is 5.06. The Morgan fingerprint density at radius 2 is 1.85 bits per heavy atom. The van der Waals surface area contributed by atoms with Crippen LogP contribution < -0.4 is 0 Å². The van der Waals surface area contributed by atoms with Crippen molar-refractivity contribution in [3.8, 4) is 0 Å². The van der Waals surface area contributed by atoms with Crippen LogP contribution in [0.3, 0.4) is 0 Å². The highest BCUT2D eigenvalue weighted by molar-refractivity contribution is 7.98. The van der Waals surface area contributed by atoms with Crippen LogP contribution in [0.4, 0.5) is 0 Å². The smallest absolute Gasteiger partial charge is 0.188 e. The summed E-state index contributed by atoms with van der Waals surface area (Å²) in [5, 5.41) is 1.68. The summed E-state index contributed by atoms with van der Waals surface area (Å²) < 4.78 is 0. The molecule has 0 aliphatic heterocycles. The third-order valence-corrected chi connectivity index (χ3v) is 4.82. The van der Waals surface area contributed by atoms with Crippen LogP contribution in [0.15, 0.2) is 29.4 Å². The van der Waals surface area contributed by atoms with Crippen LogP contribution in [0.1, 0.15) is 35.4 Å². The van der Waals surface area contributed by atoms with E-state index >= 15 is 0 Å². The van der Waals surface area contributed by atoms with Gasteiger partial charge in [0, 0.05) is 22.2 Å². The maximum Gasteiger partial charge on any atom is 0.188 e. The molecule has 0 radical (unpaired) electrons. The molecule has 0 spiro atoms. The fraction of sp³-hybridized carbons (Fsp3) is 0.375. The molecule has 104 valence electrons. The maximum atomic E-state index is 5.90. The number of fused-ring (bicyclic) bond motifs is 1. The number of hydrogen-bond acceptors (Lipinski definition) is 3. The van der Waals surface area contributed by atoms with E-state index in [1.54, 1.807) is 11.8 Å². The zero-order valence-corrected chi connectivity index (χ0v) is 13.1. The van der Waals surface area contributed by atoms with Crippen molar-refractivity contribution in [2.75, 3.05) is 0 Å². The van der Waals surface area contributed by atoms with Crippen molar-refractivity contribution < 1.29 is 0 Å². The van der Waals surface area contributed by atoms with Crippen molar-refractivity contribution in [1.82, 2.24) is 9.97 Å². The van der Waals surface area contributed by atoms with Gasteiger partial charge in [-0.1, -0.05) is 35.5 Å². The van der Waals surface area contributed by atoms with Gasteiger partial charge < -0.3 is 0 Å². The number of nitrogens with zero attached hydrogens (tertiary/aromatic N) is 2. The average Bonchev–Trinajstić information content (AvgIpc) is 2.47. The summed E-state index contributed by atoms with van der Waals surface area (Å²) in [6.45, 7) is 2.11. The van der Waals surface area contributed by atoms with Gasteiger partial charge in [-0.2, -0.15) is 0 Å². The Hall–Kier alpha value is -1.06.